The molecule has 0 aliphatic heterocycles. The summed E-state index contributed by atoms with van der Waals surface area (Å²) in [5, 5.41) is 11.9. The van der Waals surface area contributed by atoms with Crippen LogP contribution in [-0.2, 0) is 9.53 Å². The fourth-order valence-electron chi connectivity index (χ4n) is 1.18. The van der Waals surface area contributed by atoms with Crippen molar-refractivity contribution in [3.63, 3.8) is 0 Å². The number of nitrogens with zero attached hydrogens (tertiary/aromatic N) is 1. The minimum absolute atomic E-state index is 0.0497. The Morgan fingerprint density at radius 2 is 2.06 bits per heavy atom. The first-order chi connectivity index (χ1) is 8.43. The molecule has 6 heteroatoms. The van der Waals surface area contributed by atoms with Crippen LogP contribution in [0.25, 0.3) is 0 Å². The summed E-state index contributed by atoms with van der Waals surface area (Å²) in [5.74, 6) is -0.599. The Bertz CT molecular complexity index is 509. The molecule has 1 aromatic carbocycles. The summed E-state index contributed by atoms with van der Waals surface area (Å²) in [6.45, 7) is 3.11. The molecular formula is C12H14N2O4. The molecule has 2 N–H and O–H groups in total. The molecule has 1 aromatic rings. The fourth-order valence-corrected chi connectivity index (χ4v) is 1.18. The van der Waals surface area contributed by atoms with Gasteiger partial charge in [-0.05, 0) is 25.5 Å². The standard InChI is InChI=1S/C12H14N2O4/c1-7-4-5-9(6-10(7)15)14-12(17)13-8(2)11(16)18-3/h4-6,15H,1-3H3,(H,14,17). The summed E-state index contributed by atoms with van der Waals surface area (Å²) in [7, 11) is 1.21. The maximum absolute atomic E-state index is 11.5. The summed E-state index contributed by atoms with van der Waals surface area (Å²) in [4.78, 5) is 26.0. The van der Waals surface area contributed by atoms with Crippen LogP contribution in [0.3, 0.4) is 0 Å². The summed E-state index contributed by atoms with van der Waals surface area (Å²) in [6.07, 6.45) is 0. The number of phenols is 1. The van der Waals surface area contributed by atoms with E-state index in [2.05, 4.69) is 15.0 Å². The quantitative estimate of drug-likeness (QED) is 0.619. The number of aliphatic imine (C=N–C) groups is 1. The van der Waals surface area contributed by atoms with Gasteiger partial charge in [0.05, 0.1) is 7.11 Å². The number of ether oxygens (including phenoxy) is 1. The number of benzene rings is 1. The number of rotatable bonds is 2. The first-order valence-corrected chi connectivity index (χ1v) is 5.18. The van der Waals surface area contributed by atoms with Crippen molar-refractivity contribution in [2.75, 3.05) is 12.4 Å². The Morgan fingerprint density at radius 1 is 1.39 bits per heavy atom. The van der Waals surface area contributed by atoms with Crippen LogP contribution in [0.4, 0.5) is 10.5 Å². The predicted octanol–water partition coefficient (Wildman–Crippen LogP) is 1.87. The number of nitrogens with one attached hydrogen (secondary N) is 1. The van der Waals surface area contributed by atoms with Crippen LogP contribution in [0.2, 0.25) is 0 Å². The number of anilines is 1. The first-order valence-electron chi connectivity index (χ1n) is 5.18. The van der Waals surface area contributed by atoms with Crippen molar-refractivity contribution in [1.82, 2.24) is 0 Å². The van der Waals surface area contributed by atoms with Gasteiger partial charge in [0, 0.05) is 11.8 Å². The van der Waals surface area contributed by atoms with Gasteiger partial charge in [-0.3, -0.25) is 0 Å². The van der Waals surface area contributed by atoms with Crippen molar-refractivity contribution in [1.29, 1.82) is 0 Å². The van der Waals surface area contributed by atoms with E-state index in [1.54, 1.807) is 19.1 Å². The molecule has 0 bridgehead atoms. The van der Waals surface area contributed by atoms with Gasteiger partial charge >= 0.3 is 12.0 Å². The topological polar surface area (TPSA) is 88.0 Å². The number of hydrogen-bond acceptors (Lipinski definition) is 4. The van der Waals surface area contributed by atoms with E-state index < -0.39 is 12.0 Å². The van der Waals surface area contributed by atoms with E-state index in [9.17, 15) is 14.7 Å². The highest BCUT2D eigenvalue weighted by molar-refractivity contribution is 6.37. The molecule has 0 saturated heterocycles. The summed E-state index contributed by atoms with van der Waals surface area (Å²) >= 11 is 0. The van der Waals surface area contributed by atoms with Crippen LogP contribution in [0, 0.1) is 6.92 Å². The van der Waals surface area contributed by atoms with Gasteiger partial charge in [-0.15, -0.1) is 0 Å². The Morgan fingerprint density at radius 3 is 2.61 bits per heavy atom. The molecule has 1 rings (SSSR count). The van der Waals surface area contributed by atoms with Crippen LogP contribution in [-0.4, -0.2) is 29.9 Å². The third-order valence-electron chi connectivity index (χ3n) is 2.21. The normalized spacial score (nSPS) is 10.9. The number of carbonyl (C=O) groups is 2. The van der Waals surface area contributed by atoms with E-state index in [4.69, 9.17) is 0 Å². The van der Waals surface area contributed by atoms with Crippen LogP contribution in [0.5, 0.6) is 5.75 Å². The van der Waals surface area contributed by atoms with E-state index >= 15 is 0 Å². The lowest BCUT2D eigenvalue weighted by atomic mass is 10.2. The molecule has 0 saturated carbocycles. The fraction of sp³-hybridized carbons (Fsp3) is 0.250. The van der Waals surface area contributed by atoms with Gasteiger partial charge in [-0.1, -0.05) is 6.07 Å². The Kier molecular flexibility index (Phi) is 4.42. The zero-order chi connectivity index (χ0) is 13.7. The van der Waals surface area contributed by atoms with Crippen LogP contribution < -0.4 is 5.32 Å². The Labute approximate surface area is 104 Å². The highest BCUT2D eigenvalue weighted by Crippen LogP contribution is 2.20. The smallest absolute Gasteiger partial charge is 0.352 e. The van der Waals surface area contributed by atoms with Crippen molar-refractivity contribution in [3.05, 3.63) is 23.8 Å². The van der Waals surface area contributed by atoms with E-state index in [0.717, 1.165) is 0 Å². The van der Waals surface area contributed by atoms with Crippen molar-refractivity contribution in [2.45, 2.75) is 13.8 Å². The molecule has 0 radical (unpaired) electrons. The number of esters is 1. The zero-order valence-electron chi connectivity index (χ0n) is 10.4. The molecular weight excluding hydrogens is 236 g/mol. The molecule has 6 nitrogen and oxygen atoms in total. The molecule has 0 fully saturated rings. The second-order valence-electron chi connectivity index (χ2n) is 3.62. The van der Waals surface area contributed by atoms with Crippen LogP contribution in [0.1, 0.15) is 12.5 Å². The van der Waals surface area contributed by atoms with E-state index in [0.29, 0.717) is 11.3 Å². The number of phenolic OH excluding ortho intramolecular Hbond substituents is 1. The van der Waals surface area contributed by atoms with Gasteiger partial charge in [0.2, 0.25) is 0 Å². The third-order valence-corrected chi connectivity index (χ3v) is 2.21. The maximum Gasteiger partial charge on any atom is 0.352 e. The molecule has 18 heavy (non-hydrogen) atoms. The number of urea groups is 1. The number of amides is 2. The Hall–Kier alpha value is -2.37. The largest absolute Gasteiger partial charge is 0.508 e. The number of aromatic hydroxyl groups is 1. The second kappa shape index (κ2) is 5.81. The monoisotopic (exact) mass is 250 g/mol. The molecule has 0 heterocycles. The van der Waals surface area contributed by atoms with E-state index in [-0.39, 0.29) is 11.5 Å². The average molecular weight is 250 g/mol. The van der Waals surface area contributed by atoms with Crippen molar-refractivity contribution in [3.8, 4) is 5.75 Å². The van der Waals surface area contributed by atoms with Gasteiger partial charge < -0.3 is 15.2 Å². The van der Waals surface area contributed by atoms with Gasteiger partial charge in [0.15, 0.2) is 0 Å². The lowest BCUT2D eigenvalue weighted by Crippen LogP contribution is -2.16. The molecule has 0 aromatic heterocycles. The van der Waals surface area contributed by atoms with Crippen LogP contribution in [0.15, 0.2) is 23.2 Å². The van der Waals surface area contributed by atoms with E-state index in [1.807, 2.05) is 0 Å². The number of carbonyl (C=O) groups excluding carboxylic acids is 2. The SMILES string of the molecule is COC(=O)C(C)=NC(=O)Nc1ccc(C)c(O)c1. The summed E-state index contributed by atoms with van der Waals surface area (Å²) in [6, 6.07) is 3.97. The van der Waals surface area contributed by atoms with Crippen molar-refractivity contribution < 1.29 is 19.4 Å². The highest BCUT2D eigenvalue weighted by Gasteiger charge is 2.08. The lowest BCUT2D eigenvalue weighted by molar-refractivity contribution is -0.132. The molecule has 96 valence electrons. The Balaban J connectivity index is 2.76. The predicted molar refractivity (Wildman–Crippen MR) is 67.0 cm³/mol. The zero-order valence-corrected chi connectivity index (χ0v) is 10.4. The van der Waals surface area contributed by atoms with Gasteiger partial charge in [-0.2, -0.15) is 4.99 Å². The number of hydrogen-bond donors (Lipinski definition) is 2. The number of methoxy groups -OCH3 is 1. The maximum atomic E-state index is 11.5. The molecule has 0 atom stereocenters. The van der Waals surface area contributed by atoms with Crippen molar-refractivity contribution >= 4 is 23.4 Å². The molecule has 2 amide bonds. The average Bonchev–Trinajstić information content (AvgIpc) is 2.32. The minimum Gasteiger partial charge on any atom is -0.508 e. The second-order valence-corrected chi connectivity index (χ2v) is 3.62. The molecule has 0 unspecified atom stereocenters. The first kappa shape index (κ1) is 13.7. The molecule has 0 aliphatic carbocycles. The minimum atomic E-state index is -0.707. The van der Waals surface area contributed by atoms with Crippen molar-refractivity contribution in [2.24, 2.45) is 4.99 Å². The molecule has 0 spiro atoms. The van der Waals surface area contributed by atoms with E-state index in [1.165, 1.54) is 20.1 Å². The van der Waals surface area contributed by atoms with Gasteiger partial charge in [0.25, 0.3) is 0 Å². The third kappa shape index (κ3) is 3.58. The summed E-state index contributed by atoms with van der Waals surface area (Å²) in [5.41, 5.74) is 1.04. The summed E-state index contributed by atoms with van der Waals surface area (Å²) < 4.78 is 4.41. The van der Waals surface area contributed by atoms with Gasteiger partial charge in [-0.25, -0.2) is 9.59 Å². The highest BCUT2D eigenvalue weighted by atomic mass is 16.5. The van der Waals surface area contributed by atoms with Gasteiger partial charge in [0.1, 0.15) is 11.5 Å². The molecule has 0 aliphatic rings. The number of aryl methyl sites for hydroxylation is 1. The lowest BCUT2D eigenvalue weighted by Gasteiger charge is -2.04. The van der Waals surface area contributed by atoms with Crippen LogP contribution >= 0.6 is 0 Å².